The van der Waals surface area contributed by atoms with Crippen LogP contribution in [0, 0.1) is 0 Å². The fraction of sp³-hybridized carbons (Fsp3) is 0.333. The van der Waals surface area contributed by atoms with Gasteiger partial charge in [0.05, 0.1) is 12.6 Å². The molecule has 0 unspecified atom stereocenters. The van der Waals surface area contributed by atoms with Crippen molar-refractivity contribution >= 4 is 17.2 Å². The Kier molecular flexibility index (Phi) is 3.10. The smallest absolute Gasteiger partial charge is 0.419 e. The van der Waals surface area contributed by atoms with E-state index in [2.05, 4.69) is 4.74 Å². The van der Waals surface area contributed by atoms with Gasteiger partial charge in [0.2, 0.25) is 0 Å². The molecule has 0 saturated heterocycles. The number of benzene rings is 1. The average Bonchev–Trinajstić information content (AvgIpc) is 2.63. The zero-order valence-electron chi connectivity index (χ0n) is 10.5. The van der Waals surface area contributed by atoms with Crippen molar-refractivity contribution in [2.45, 2.75) is 6.54 Å². The van der Waals surface area contributed by atoms with Gasteiger partial charge in [0, 0.05) is 20.6 Å². The first-order chi connectivity index (χ1) is 8.52. The molecule has 1 aromatic heterocycles. The zero-order chi connectivity index (χ0) is 13.3. The number of aromatic nitrogens is 1. The number of amides is 1. The summed E-state index contributed by atoms with van der Waals surface area (Å²) in [6, 6.07) is 5.38. The summed E-state index contributed by atoms with van der Waals surface area (Å²) in [4.78, 5) is 24.0. The fourth-order valence-corrected chi connectivity index (χ4v) is 1.77. The summed E-state index contributed by atoms with van der Waals surface area (Å²) in [5, 5.41) is 0. The molecule has 0 radical (unpaired) electrons. The monoisotopic (exact) mass is 250 g/mol. The highest BCUT2D eigenvalue weighted by molar-refractivity contribution is 5.74. The number of methoxy groups -OCH3 is 1. The Morgan fingerprint density at radius 2 is 2.22 bits per heavy atom. The van der Waals surface area contributed by atoms with E-state index in [9.17, 15) is 9.59 Å². The molecule has 2 rings (SSSR count). The van der Waals surface area contributed by atoms with E-state index in [4.69, 9.17) is 4.42 Å². The van der Waals surface area contributed by atoms with Crippen LogP contribution < -0.4 is 5.76 Å². The summed E-state index contributed by atoms with van der Waals surface area (Å²) in [6.07, 6.45) is -0.412. The van der Waals surface area contributed by atoms with Crippen LogP contribution in [-0.4, -0.2) is 29.7 Å². The summed E-state index contributed by atoms with van der Waals surface area (Å²) in [7, 11) is 4.61. The third-order valence-corrected chi connectivity index (χ3v) is 2.76. The lowest BCUT2D eigenvalue weighted by Crippen LogP contribution is -2.25. The third-order valence-electron chi connectivity index (χ3n) is 2.76. The largest absolute Gasteiger partial charge is 0.453 e. The number of hydrogen-bond donors (Lipinski definition) is 0. The molecule has 0 spiro atoms. The molecule has 0 bridgehead atoms. The molecule has 6 heteroatoms. The molecule has 1 amide bonds. The van der Waals surface area contributed by atoms with Crippen LogP contribution in [0.25, 0.3) is 11.1 Å². The molecular formula is C12H14N2O4. The number of fused-ring (bicyclic) bond motifs is 1. The second kappa shape index (κ2) is 4.56. The van der Waals surface area contributed by atoms with Gasteiger partial charge >= 0.3 is 11.8 Å². The first-order valence-corrected chi connectivity index (χ1v) is 5.40. The van der Waals surface area contributed by atoms with Crippen molar-refractivity contribution in [1.29, 1.82) is 0 Å². The Bertz CT molecular complexity index is 641. The maximum absolute atomic E-state index is 11.3. The summed E-state index contributed by atoms with van der Waals surface area (Å²) in [6.45, 7) is 0.390. The number of nitrogens with zero attached hydrogens (tertiary/aromatic N) is 2. The van der Waals surface area contributed by atoms with Crippen molar-refractivity contribution in [2.24, 2.45) is 7.05 Å². The minimum atomic E-state index is -0.412. The Hall–Kier alpha value is -2.24. The van der Waals surface area contributed by atoms with Gasteiger partial charge < -0.3 is 14.1 Å². The van der Waals surface area contributed by atoms with Gasteiger partial charge in [-0.2, -0.15) is 0 Å². The van der Waals surface area contributed by atoms with Gasteiger partial charge in [-0.05, 0) is 17.7 Å². The van der Waals surface area contributed by atoms with Crippen LogP contribution in [0.4, 0.5) is 4.79 Å². The van der Waals surface area contributed by atoms with E-state index in [0.29, 0.717) is 12.1 Å². The van der Waals surface area contributed by atoms with Gasteiger partial charge in [-0.1, -0.05) is 6.07 Å². The Balaban J connectivity index is 2.31. The highest BCUT2D eigenvalue weighted by Gasteiger charge is 2.11. The minimum Gasteiger partial charge on any atom is -0.453 e. The third kappa shape index (κ3) is 2.09. The average molecular weight is 250 g/mol. The maximum Gasteiger partial charge on any atom is 0.419 e. The molecule has 0 aliphatic rings. The van der Waals surface area contributed by atoms with Crippen LogP contribution in [-0.2, 0) is 18.3 Å². The molecule has 1 aromatic carbocycles. The van der Waals surface area contributed by atoms with Crippen LogP contribution in [0.2, 0.25) is 0 Å². The van der Waals surface area contributed by atoms with Gasteiger partial charge in [0.25, 0.3) is 0 Å². The van der Waals surface area contributed by atoms with E-state index in [0.717, 1.165) is 11.1 Å². The van der Waals surface area contributed by atoms with Crippen molar-refractivity contribution < 1.29 is 13.9 Å². The summed E-state index contributed by atoms with van der Waals surface area (Å²) in [5.41, 5.74) is 2.10. The van der Waals surface area contributed by atoms with E-state index in [1.54, 1.807) is 26.2 Å². The second-order valence-corrected chi connectivity index (χ2v) is 4.06. The van der Waals surface area contributed by atoms with E-state index >= 15 is 0 Å². The van der Waals surface area contributed by atoms with Crippen LogP contribution >= 0.6 is 0 Å². The number of oxazole rings is 1. The predicted molar refractivity (Wildman–Crippen MR) is 65.3 cm³/mol. The van der Waals surface area contributed by atoms with Crippen LogP contribution in [0.15, 0.2) is 27.4 Å². The molecule has 0 N–H and O–H groups in total. The number of aryl methyl sites for hydroxylation is 1. The van der Waals surface area contributed by atoms with Crippen LogP contribution in [0.1, 0.15) is 5.56 Å². The Morgan fingerprint density at radius 1 is 1.50 bits per heavy atom. The molecule has 96 valence electrons. The molecular weight excluding hydrogens is 236 g/mol. The quantitative estimate of drug-likeness (QED) is 0.806. The summed E-state index contributed by atoms with van der Waals surface area (Å²) >= 11 is 0. The zero-order valence-corrected chi connectivity index (χ0v) is 10.5. The van der Waals surface area contributed by atoms with E-state index in [1.807, 2.05) is 6.07 Å². The number of carbonyl (C=O) groups is 1. The summed E-state index contributed by atoms with van der Waals surface area (Å²) in [5.74, 6) is -0.400. The molecule has 0 atom stereocenters. The molecule has 18 heavy (non-hydrogen) atoms. The number of ether oxygens (including phenoxy) is 1. The van der Waals surface area contributed by atoms with Crippen molar-refractivity contribution in [3.8, 4) is 0 Å². The first-order valence-electron chi connectivity index (χ1n) is 5.40. The van der Waals surface area contributed by atoms with E-state index in [-0.39, 0.29) is 0 Å². The number of hydrogen-bond acceptors (Lipinski definition) is 4. The SMILES string of the molecule is COC(=O)N(C)Cc1ccc2c(c1)oc(=O)n2C. The van der Waals surface area contributed by atoms with Gasteiger partial charge in [-0.15, -0.1) is 0 Å². The highest BCUT2D eigenvalue weighted by Crippen LogP contribution is 2.15. The van der Waals surface area contributed by atoms with Gasteiger partial charge in [0.1, 0.15) is 0 Å². The van der Waals surface area contributed by atoms with Crippen molar-refractivity contribution in [1.82, 2.24) is 9.47 Å². The second-order valence-electron chi connectivity index (χ2n) is 4.06. The predicted octanol–water partition coefficient (Wildman–Crippen LogP) is 1.33. The van der Waals surface area contributed by atoms with Crippen molar-refractivity contribution in [3.05, 3.63) is 34.3 Å². The van der Waals surface area contributed by atoms with Crippen LogP contribution in [0.3, 0.4) is 0 Å². The Labute approximate surface area is 103 Å². The van der Waals surface area contributed by atoms with Gasteiger partial charge in [-0.3, -0.25) is 4.57 Å². The van der Waals surface area contributed by atoms with Gasteiger partial charge in [-0.25, -0.2) is 9.59 Å². The fourth-order valence-electron chi connectivity index (χ4n) is 1.77. The first kappa shape index (κ1) is 12.2. The maximum atomic E-state index is 11.3. The molecule has 0 aliphatic heterocycles. The van der Waals surface area contributed by atoms with Crippen LogP contribution in [0.5, 0.6) is 0 Å². The molecule has 1 heterocycles. The summed E-state index contributed by atoms with van der Waals surface area (Å²) < 4.78 is 11.1. The van der Waals surface area contributed by atoms with E-state index < -0.39 is 11.8 Å². The van der Waals surface area contributed by atoms with Crippen molar-refractivity contribution in [3.63, 3.8) is 0 Å². The normalized spacial score (nSPS) is 10.6. The molecule has 6 nitrogen and oxygen atoms in total. The Morgan fingerprint density at radius 3 is 2.89 bits per heavy atom. The molecule has 2 aromatic rings. The lowest BCUT2D eigenvalue weighted by molar-refractivity contribution is 0.131. The molecule has 0 saturated carbocycles. The van der Waals surface area contributed by atoms with Gasteiger partial charge in [0.15, 0.2) is 5.58 Å². The van der Waals surface area contributed by atoms with E-state index in [1.165, 1.54) is 16.6 Å². The molecule has 0 fully saturated rings. The standard InChI is InChI=1S/C12H14N2O4/c1-13(11(15)17-3)7-8-4-5-9-10(6-8)18-12(16)14(9)2/h4-6H,7H2,1-3H3. The van der Waals surface area contributed by atoms with Crippen molar-refractivity contribution in [2.75, 3.05) is 14.2 Å². The molecule has 0 aliphatic carbocycles. The number of rotatable bonds is 2. The lowest BCUT2D eigenvalue weighted by Gasteiger charge is -2.15. The lowest BCUT2D eigenvalue weighted by atomic mass is 10.2. The highest BCUT2D eigenvalue weighted by atomic mass is 16.5. The minimum absolute atomic E-state index is 0.390. The number of carbonyl (C=O) groups excluding carboxylic acids is 1. The topological polar surface area (TPSA) is 64.7 Å².